The largest absolute Gasteiger partial charge is 0.337 e. The monoisotopic (exact) mass is 348 g/mol. The number of benzene rings is 2. The molecule has 0 aromatic heterocycles. The van der Waals surface area contributed by atoms with Crippen LogP contribution in [0.2, 0.25) is 10.0 Å². The molecule has 0 aliphatic heterocycles. The van der Waals surface area contributed by atoms with E-state index in [9.17, 15) is 4.79 Å². The van der Waals surface area contributed by atoms with Crippen LogP contribution in [0.1, 0.15) is 24.0 Å². The van der Waals surface area contributed by atoms with Crippen LogP contribution in [-0.4, -0.2) is 12.6 Å². The fourth-order valence-corrected chi connectivity index (χ4v) is 3.20. The molecule has 5 heteroatoms. The average Bonchev–Trinajstić information content (AvgIpc) is 3.26. The van der Waals surface area contributed by atoms with Crippen molar-refractivity contribution in [1.82, 2.24) is 5.32 Å². The molecule has 2 aromatic rings. The topological polar surface area (TPSA) is 41.1 Å². The van der Waals surface area contributed by atoms with E-state index in [1.807, 2.05) is 0 Å². The summed E-state index contributed by atoms with van der Waals surface area (Å²) in [6.45, 7) is 2.70. The second-order valence-corrected chi connectivity index (χ2v) is 6.99. The molecule has 1 aliphatic rings. The average molecular weight is 349 g/mol. The Balaban J connectivity index is 1.59. The summed E-state index contributed by atoms with van der Waals surface area (Å²) in [5, 5.41) is 6.70. The number of hydrogen-bond donors (Lipinski definition) is 2. The molecule has 2 aromatic carbocycles. The summed E-state index contributed by atoms with van der Waals surface area (Å²) in [5.41, 5.74) is 3.19. The van der Waals surface area contributed by atoms with Gasteiger partial charge in [0.2, 0.25) is 0 Å². The lowest BCUT2D eigenvalue weighted by molar-refractivity contribution is 0.251. The Labute approximate surface area is 146 Å². The summed E-state index contributed by atoms with van der Waals surface area (Å²) in [4.78, 5) is 12.1. The van der Waals surface area contributed by atoms with Gasteiger partial charge in [-0.15, -0.1) is 0 Å². The predicted molar refractivity (Wildman–Crippen MR) is 95.6 cm³/mol. The molecule has 0 spiro atoms. The smallest absolute Gasteiger partial charge is 0.319 e. The fraction of sp³-hybridized carbons (Fsp3) is 0.278. The van der Waals surface area contributed by atoms with Gasteiger partial charge in [-0.3, -0.25) is 0 Å². The van der Waals surface area contributed by atoms with E-state index in [0.717, 1.165) is 12.8 Å². The minimum atomic E-state index is -0.248. The molecule has 1 fully saturated rings. The van der Waals surface area contributed by atoms with Gasteiger partial charge in [-0.1, -0.05) is 53.0 Å². The van der Waals surface area contributed by atoms with Gasteiger partial charge in [0.05, 0.1) is 0 Å². The quantitative estimate of drug-likeness (QED) is 0.787. The zero-order valence-electron chi connectivity index (χ0n) is 12.8. The molecule has 120 valence electrons. The maximum atomic E-state index is 12.1. The minimum absolute atomic E-state index is 0.0804. The lowest BCUT2D eigenvalue weighted by atomic mass is 9.95. The third-order valence-electron chi connectivity index (χ3n) is 4.23. The van der Waals surface area contributed by atoms with Gasteiger partial charge in [-0.05, 0) is 43.5 Å². The zero-order valence-corrected chi connectivity index (χ0v) is 14.3. The van der Waals surface area contributed by atoms with Crippen LogP contribution in [0.25, 0.3) is 0 Å². The molecule has 1 aliphatic carbocycles. The van der Waals surface area contributed by atoms with E-state index in [-0.39, 0.29) is 11.4 Å². The molecule has 0 radical (unpaired) electrons. The van der Waals surface area contributed by atoms with Crippen LogP contribution >= 0.6 is 23.2 Å². The first-order chi connectivity index (χ1) is 11.0. The number of amides is 2. The summed E-state index contributed by atoms with van der Waals surface area (Å²) in [7, 11) is 0. The van der Waals surface area contributed by atoms with E-state index in [0.29, 0.717) is 22.3 Å². The van der Waals surface area contributed by atoms with Crippen LogP contribution in [0.15, 0.2) is 42.5 Å². The van der Waals surface area contributed by atoms with E-state index in [1.165, 1.54) is 11.1 Å². The summed E-state index contributed by atoms with van der Waals surface area (Å²) in [6, 6.07) is 13.2. The van der Waals surface area contributed by atoms with Crippen molar-refractivity contribution in [3.05, 3.63) is 63.6 Å². The molecule has 0 heterocycles. The molecule has 0 saturated heterocycles. The Hall–Kier alpha value is -1.71. The maximum absolute atomic E-state index is 12.1. The number of aryl methyl sites for hydroxylation is 1. The lowest BCUT2D eigenvalue weighted by Gasteiger charge is -2.17. The normalized spacial score (nSPS) is 15.1. The zero-order chi connectivity index (χ0) is 16.4. The summed E-state index contributed by atoms with van der Waals surface area (Å²) >= 11 is 11.9. The first kappa shape index (κ1) is 16.2. The van der Waals surface area contributed by atoms with Gasteiger partial charge < -0.3 is 10.6 Å². The Bertz CT molecular complexity index is 704. The fourth-order valence-electron chi connectivity index (χ4n) is 2.68. The Morgan fingerprint density at radius 1 is 1.09 bits per heavy atom. The van der Waals surface area contributed by atoms with Crippen molar-refractivity contribution < 1.29 is 4.79 Å². The van der Waals surface area contributed by atoms with Gasteiger partial charge >= 0.3 is 6.03 Å². The van der Waals surface area contributed by atoms with Crippen LogP contribution in [0.4, 0.5) is 10.5 Å². The highest BCUT2D eigenvalue weighted by atomic mass is 35.5. The summed E-state index contributed by atoms with van der Waals surface area (Å²) in [6.07, 6.45) is 2.19. The standard InChI is InChI=1S/C18H18Cl2N2O/c1-12-2-4-13(5-3-12)18(6-7-18)11-21-17(23)22-16-9-14(19)8-15(20)10-16/h2-5,8-10H,6-7,11H2,1H3,(H2,21,22,23). The second kappa shape index (κ2) is 6.42. The van der Waals surface area contributed by atoms with E-state index < -0.39 is 0 Å². The molecule has 2 amide bonds. The van der Waals surface area contributed by atoms with Crippen molar-refractivity contribution in [3.8, 4) is 0 Å². The molecule has 3 nitrogen and oxygen atoms in total. The summed E-state index contributed by atoms with van der Waals surface area (Å²) in [5.74, 6) is 0. The van der Waals surface area contributed by atoms with Crippen LogP contribution in [-0.2, 0) is 5.41 Å². The highest BCUT2D eigenvalue weighted by Crippen LogP contribution is 2.47. The number of anilines is 1. The first-order valence-corrected chi connectivity index (χ1v) is 8.31. The molecular formula is C18H18Cl2N2O. The SMILES string of the molecule is Cc1ccc(C2(CNC(=O)Nc3cc(Cl)cc(Cl)c3)CC2)cc1. The third-order valence-corrected chi connectivity index (χ3v) is 4.66. The molecule has 0 atom stereocenters. The molecule has 3 rings (SSSR count). The van der Waals surface area contributed by atoms with Crippen LogP contribution in [0.5, 0.6) is 0 Å². The molecule has 23 heavy (non-hydrogen) atoms. The van der Waals surface area contributed by atoms with Gasteiger partial charge in [-0.25, -0.2) is 4.79 Å². The first-order valence-electron chi connectivity index (χ1n) is 7.55. The lowest BCUT2D eigenvalue weighted by Crippen LogP contribution is -2.35. The van der Waals surface area contributed by atoms with Crippen molar-refractivity contribution in [2.24, 2.45) is 0 Å². The highest BCUT2D eigenvalue weighted by Gasteiger charge is 2.44. The summed E-state index contributed by atoms with van der Waals surface area (Å²) < 4.78 is 0. The van der Waals surface area contributed by atoms with Crippen molar-refractivity contribution in [3.63, 3.8) is 0 Å². The number of carbonyl (C=O) groups is 1. The third kappa shape index (κ3) is 3.98. The molecule has 0 bridgehead atoms. The molecule has 2 N–H and O–H groups in total. The number of nitrogens with one attached hydrogen (secondary N) is 2. The Morgan fingerprint density at radius 3 is 2.26 bits per heavy atom. The van der Waals surface area contributed by atoms with Crippen molar-refractivity contribution in [2.75, 3.05) is 11.9 Å². The van der Waals surface area contributed by atoms with Gasteiger partial charge in [0.15, 0.2) is 0 Å². The predicted octanol–water partition coefficient (Wildman–Crippen LogP) is 5.16. The number of urea groups is 1. The number of hydrogen-bond acceptors (Lipinski definition) is 1. The number of halogens is 2. The molecular weight excluding hydrogens is 331 g/mol. The van der Waals surface area contributed by atoms with Gasteiger partial charge in [0, 0.05) is 27.7 Å². The molecule has 1 saturated carbocycles. The Kier molecular flexibility index (Phi) is 4.51. The second-order valence-electron chi connectivity index (χ2n) is 6.11. The van der Waals surface area contributed by atoms with Crippen LogP contribution in [0, 0.1) is 6.92 Å². The van der Waals surface area contributed by atoms with Crippen molar-refractivity contribution >= 4 is 34.9 Å². The van der Waals surface area contributed by atoms with Crippen LogP contribution < -0.4 is 10.6 Å². The van der Waals surface area contributed by atoms with Gasteiger partial charge in [-0.2, -0.15) is 0 Å². The number of rotatable bonds is 4. The van der Waals surface area contributed by atoms with Crippen LogP contribution in [0.3, 0.4) is 0 Å². The van der Waals surface area contributed by atoms with E-state index in [4.69, 9.17) is 23.2 Å². The van der Waals surface area contributed by atoms with Gasteiger partial charge in [0.1, 0.15) is 0 Å². The highest BCUT2D eigenvalue weighted by molar-refractivity contribution is 6.35. The van der Waals surface area contributed by atoms with E-state index in [2.05, 4.69) is 41.8 Å². The van der Waals surface area contributed by atoms with E-state index >= 15 is 0 Å². The van der Waals surface area contributed by atoms with Crippen molar-refractivity contribution in [1.29, 1.82) is 0 Å². The van der Waals surface area contributed by atoms with Crippen molar-refractivity contribution in [2.45, 2.75) is 25.2 Å². The Morgan fingerprint density at radius 2 is 1.70 bits per heavy atom. The number of carbonyl (C=O) groups excluding carboxylic acids is 1. The van der Waals surface area contributed by atoms with E-state index in [1.54, 1.807) is 18.2 Å². The maximum Gasteiger partial charge on any atom is 0.319 e. The van der Waals surface area contributed by atoms with Gasteiger partial charge in [0.25, 0.3) is 0 Å². The minimum Gasteiger partial charge on any atom is -0.337 e. The molecule has 0 unspecified atom stereocenters.